The number of amides is 1. The Morgan fingerprint density at radius 2 is 0.659 bits per heavy atom. The van der Waals surface area contributed by atoms with E-state index >= 15 is 0 Å². The standard InChI is InChI=1S/C79H149N2O6P/c1-6-8-10-12-14-16-18-20-22-24-26-28-30-32-33-34-35-36-37-38-39-40-41-42-43-44-45-46-47-49-51-53-55-57-59-61-63-65-67-69-71-73-79(83)80-77(76-87-88(84,85)86-75-74-81(3,4)5)78(82)72-70-68-66-64-62-60-58-56-54-52-50-48-31-29-27-25-23-21-19-17-15-13-11-9-7-2/h18,20,24,26,30,32,54,56,62,64,70,72,77-78,82H,6-17,19,21-23,25,27-29,31,33-53,55,57-61,63,65-69,71,73-76H2,1-5H3,(H-,80,83,84,85)/p+1/b20-18-,26-24-,32-30-,56-54+,64-62+,72-70+. The lowest BCUT2D eigenvalue weighted by atomic mass is 10.0. The molecule has 0 aliphatic carbocycles. The Hall–Kier alpha value is -2.06. The molecule has 0 saturated heterocycles. The molecular weight excluding hydrogens is 1100 g/mol. The predicted molar refractivity (Wildman–Crippen MR) is 387 cm³/mol. The summed E-state index contributed by atoms with van der Waals surface area (Å²) in [5.41, 5.74) is 0. The summed E-state index contributed by atoms with van der Waals surface area (Å²) in [6.45, 7) is 4.82. The van der Waals surface area contributed by atoms with E-state index in [2.05, 4.69) is 79.9 Å². The fourth-order valence-corrected chi connectivity index (χ4v) is 12.2. The molecule has 88 heavy (non-hydrogen) atoms. The predicted octanol–water partition coefficient (Wildman–Crippen LogP) is 24.9. The molecule has 0 aliphatic rings. The van der Waals surface area contributed by atoms with Crippen molar-refractivity contribution >= 4 is 13.7 Å². The van der Waals surface area contributed by atoms with E-state index < -0.39 is 20.0 Å². The number of likely N-dealkylation sites (N-methyl/N-ethyl adjacent to an activating group) is 1. The van der Waals surface area contributed by atoms with E-state index in [0.29, 0.717) is 17.4 Å². The van der Waals surface area contributed by atoms with Crippen LogP contribution in [0.2, 0.25) is 0 Å². The quantitative estimate of drug-likeness (QED) is 0.0243. The molecular formula is C79H150N2O6P+. The van der Waals surface area contributed by atoms with Crippen molar-refractivity contribution in [3.63, 3.8) is 0 Å². The van der Waals surface area contributed by atoms with Gasteiger partial charge in [0.05, 0.1) is 39.9 Å². The molecule has 0 radical (unpaired) electrons. The highest BCUT2D eigenvalue weighted by atomic mass is 31.2. The van der Waals surface area contributed by atoms with Crippen molar-refractivity contribution in [3.8, 4) is 0 Å². The van der Waals surface area contributed by atoms with Gasteiger partial charge in [0.1, 0.15) is 13.2 Å². The number of rotatable bonds is 71. The molecule has 0 heterocycles. The molecule has 0 bridgehead atoms. The van der Waals surface area contributed by atoms with E-state index in [-0.39, 0.29) is 19.1 Å². The van der Waals surface area contributed by atoms with Crippen molar-refractivity contribution in [2.45, 2.75) is 386 Å². The van der Waals surface area contributed by atoms with Gasteiger partial charge >= 0.3 is 7.82 Å². The normalized spacial score (nSPS) is 13.9. The van der Waals surface area contributed by atoms with Crippen molar-refractivity contribution in [2.24, 2.45) is 0 Å². The third kappa shape index (κ3) is 71.4. The maximum atomic E-state index is 13.1. The molecule has 0 spiro atoms. The summed E-state index contributed by atoms with van der Waals surface area (Å²) in [6.07, 6.45) is 98.1. The molecule has 3 N–H and O–H groups in total. The van der Waals surface area contributed by atoms with E-state index in [4.69, 9.17) is 9.05 Å². The summed E-state index contributed by atoms with van der Waals surface area (Å²) in [5.74, 6) is -0.185. The highest BCUT2D eigenvalue weighted by molar-refractivity contribution is 7.47. The van der Waals surface area contributed by atoms with Crippen LogP contribution in [0.5, 0.6) is 0 Å². The monoisotopic (exact) mass is 1250 g/mol. The maximum absolute atomic E-state index is 13.1. The van der Waals surface area contributed by atoms with Crippen LogP contribution < -0.4 is 5.32 Å². The first-order chi connectivity index (χ1) is 43.0. The zero-order chi connectivity index (χ0) is 64.1. The molecule has 0 aliphatic heterocycles. The Morgan fingerprint density at radius 3 is 0.989 bits per heavy atom. The zero-order valence-electron chi connectivity index (χ0n) is 59.2. The lowest BCUT2D eigenvalue weighted by Crippen LogP contribution is -2.45. The molecule has 1 amide bonds. The number of nitrogens with zero attached hydrogens (tertiary/aromatic N) is 1. The van der Waals surface area contributed by atoms with Crippen molar-refractivity contribution in [2.75, 3.05) is 40.9 Å². The minimum absolute atomic E-state index is 0.0536. The summed E-state index contributed by atoms with van der Waals surface area (Å²) >= 11 is 0. The Morgan fingerprint density at radius 1 is 0.386 bits per heavy atom. The number of quaternary nitrogens is 1. The first-order valence-electron chi connectivity index (χ1n) is 38.3. The van der Waals surface area contributed by atoms with Crippen LogP contribution in [0, 0.1) is 0 Å². The molecule has 0 rings (SSSR count). The van der Waals surface area contributed by atoms with Gasteiger partial charge in [-0.05, 0) is 83.5 Å². The summed E-state index contributed by atoms with van der Waals surface area (Å²) in [5, 5.41) is 14.0. The smallest absolute Gasteiger partial charge is 0.387 e. The van der Waals surface area contributed by atoms with Gasteiger partial charge in [-0.2, -0.15) is 0 Å². The highest BCUT2D eigenvalue weighted by Crippen LogP contribution is 2.43. The van der Waals surface area contributed by atoms with Gasteiger partial charge in [0.15, 0.2) is 0 Å². The van der Waals surface area contributed by atoms with Crippen molar-refractivity contribution < 1.29 is 32.9 Å². The van der Waals surface area contributed by atoms with Crippen LogP contribution in [0.15, 0.2) is 72.9 Å². The summed E-state index contributed by atoms with van der Waals surface area (Å²) < 4.78 is 23.8. The molecule has 0 aromatic carbocycles. The molecule has 9 heteroatoms. The number of carbonyl (C=O) groups excluding carboxylic acids is 1. The number of phosphoric acid groups is 1. The molecule has 0 saturated carbocycles. The van der Waals surface area contributed by atoms with Crippen LogP contribution in [-0.2, 0) is 18.4 Å². The number of carbonyl (C=O) groups is 1. The molecule has 0 fully saturated rings. The van der Waals surface area contributed by atoms with Gasteiger partial charge in [0.25, 0.3) is 0 Å². The summed E-state index contributed by atoms with van der Waals surface area (Å²) in [7, 11) is 1.56. The van der Waals surface area contributed by atoms with Gasteiger partial charge < -0.3 is 19.8 Å². The van der Waals surface area contributed by atoms with Gasteiger partial charge in [-0.15, -0.1) is 0 Å². The highest BCUT2D eigenvalue weighted by Gasteiger charge is 2.28. The second-order valence-electron chi connectivity index (χ2n) is 27.4. The van der Waals surface area contributed by atoms with E-state index in [1.54, 1.807) is 6.08 Å². The van der Waals surface area contributed by atoms with Crippen LogP contribution in [0.4, 0.5) is 0 Å². The molecule has 8 nitrogen and oxygen atoms in total. The Bertz CT molecular complexity index is 1670. The van der Waals surface area contributed by atoms with Crippen molar-refractivity contribution in [1.29, 1.82) is 0 Å². The molecule has 0 aromatic rings. The second-order valence-corrected chi connectivity index (χ2v) is 28.8. The van der Waals surface area contributed by atoms with Crippen molar-refractivity contribution in [1.82, 2.24) is 5.32 Å². The second kappa shape index (κ2) is 69.3. The van der Waals surface area contributed by atoms with E-state index in [1.807, 2.05) is 27.2 Å². The number of nitrogens with one attached hydrogen (secondary N) is 1. The number of hydrogen-bond donors (Lipinski definition) is 3. The minimum atomic E-state index is -4.37. The zero-order valence-corrected chi connectivity index (χ0v) is 60.1. The average Bonchev–Trinajstić information content (AvgIpc) is 3.71. The van der Waals surface area contributed by atoms with E-state index in [9.17, 15) is 19.4 Å². The average molecular weight is 1260 g/mol. The topological polar surface area (TPSA) is 105 Å². The fourth-order valence-electron chi connectivity index (χ4n) is 11.4. The Balaban J connectivity index is 3.98. The van der Waals surface area contributed by atoms with Crippen LogP contribution in [-0.4, -0.2) is 73.4 Å². The van der Waals surface area contributed by atoms with Gasteiger partial charge in [-0.25, -0.2) is 4.57 Å². The van der Waals surface area contributed by atoms with Crippen LogP contribution in [0.1, 0.15) is 373 Å². The third-order valence-electron chi connectivity index (χ3n) is 17.4. The Labute approximate surface area is 548 Å². The van der Waals surface area contributed by atoms with E-state index in [0.717, 1.165) is 57.8 Å². The number of phosphoric ester groups is 1. The van der Waals surface area contributed by atoms with E-state index in [1.165, 1.54) is 295 Å². The number of unbranched alkanes of at least 4 members (excludes halogenated alkanes) is 48. The number of allylic oxidation sites excluding steroid dienone is 11. The molecule has 516 valence electrons. The fraction of sp³-hybridized carbons (Fsp3) is 0.835. The van der Waals surface area contributed by atoms with Gasteiger partial charge in [-0.1, -0.05) is 356 Å². The number of aliphatic hydroxyl groups is 1. The summed E-state index contributed by atoms with van der Waals surface area (Å²) in [6, 6.07) is -0.872. The largest absolute Gasteiger partial charge is 0.472 e. The van der Waals surface area contributed by atoms with Crippen LogP contribution in [0.3, 0.4) is 0 Å². The molecule has 0 aromatic heterocycles. The molecule has 3 atom stereocenters. The van der Waals surface area contributed by atoms with Gasteiger partial charge in [0.2, 0.25) is 5.91 Å². The number of hydrogen-bond acceptors (Lipinski definition) is 5. The first kappa shape index (κ1) is 85.9. The number of aliphatic hydroxyl groups excluding tert-OH is 1. The van der Waals surface area contributed by atoms with Gasteiger partial charge in [0, 0.05) is 6.42 Å². The lowest BCUT2D eigenvalue weighted by molar-refractivity contribution is -0.870. The SMILES string of the molecule is CCCCCCC/C=C\C/C=C\C/C=C\CCCCCCCCCCCCCCCCCCCCCCCCCCCCC(=O)NC(COP(=O)(O)OCC[N+](C)(C)C)C(O)/C=C/CC/C=C/CC/C=C/CCCCCCCCCCCCCCCCC. The minimum Gasteiger partial charge on any atom is -0.387 e. The van der Waals surface area contributed by atoms with Crippen LogP contribution in [0.25, 0.3) is 0 Å². The lowest BCUT2D eigenvalue weighted by Gasteiger charge is -2.25. The Kier molecular flexibility index (Phi) is 67.7. The van der Waals surface area contributed by atoms with Crippen molar-refractivity contribution in [3.05, 3.63) is 72.9 Å². The molecule has 3 unspecified atom stereocenters. The first-order valence-corrected chi connectivity index (χ1v) is 39.8. The summed E-state index contributed by atoms with van der Waals surface area (Å²) in [4.78, 5) is 23.4. The third-order valence-corrected chi connectivity index (χ3v) is 18.4. The maximum Gasteiger partial charge on any atom is 0.472 e. The van der Waals surface area contributed by atoms with Gasteiger partial charge in [-0.3, -0.25) is 13.8 Å². The van der Waals surface area contributed by atoms with Crippen LogP contribution >= 0.6 is 7.82 Å².